The lowest BCUT2D eigenvalue weighted by atomic mass is 9.97. The first-order valence-corrected chi connectivity index (χ1v) is 6.66. The van der Waals surface area contributed by atoms with Crippen molar-refractivity contribution in [2.75, 3.05) is 6.54 Å². The van der Waals surface area contributed by atoms with Crippen molar-refractivity contribution >= 4 is 10.9 Å². The molecule has 96 valence electrons. The van der Waals surface area contributed by atoms with Gasteiger partial charge in [0.25, 0.3) is 0 Å². The summed E-state index contributed by atoms with van der Waals surface area (Å²) in [4.78, 5) is 3.33. The summed E-state index contributed by atoms with van der Waals surface area (Å²) >= 11 is 0. The largest absolute Gasteiger partial charge is 0.361 e. The van der Waals surface area contributed by atoms with Gasteiger partial charge < -0.3 is 10.7 Å². The lowest BCUT2D eigenvalue weighted by Gasteiger charge is -2.08. The van der Waals surface area contributed by atoms with Gasteiger partial charge in [0.2, 0.25) is 0 Å². The van der Waals surface area contributed by atoms with Gasteiger partial charge in [0.05, 0.1) is 0 Å². The summed E-state index contributed by atoms with van der Waals surface area (Å²) in [6, 6.07) is 17.0. The Kier molecular flexibility index (Phi) is 3.10. The van der Waals surface area contributed by atoms with Gasteiger partial charge in [-0.05, 0) is 41.3 Å². The van der Waals surface area contributed by atoms with Crippen LogP contribution in [0.1, 0.15) is 18.4 Å². The second-order valence-electron chi connectivity index (χ2n) is 5.01. The van der Waals surface area contributed by atoms with Crippen molar-refractivity contribution in [3.8, 4) is 11.1 Å². The normalized spacial score (nSPS) is 12.7. The van der Waals surface area contributed by atoms with E-state index >= 15 is 0 Å². The molecule has 0 bridgehead atoms. The summed E-state index contributed by atoms with van der Waals surface area (Å²) in [6.07, 6.45) is 2.08. The Hall–Kier alpha value is -2.06. The first kappa shape index (κ1) is 12.0. The highest BCUT2D eigenvalue weighted by Crippen LogP contribution is 2.29. The molecule has 1 unspecified atom stereocenters. The summed E-state index contributed by atoms with van der Waals surface area (Å²) in [5, 5.41) is 1.28. The second kappa shape index (κ2) is 4.90. The zero-order valence-corrected chi connectivity index (χ0v) is 11.1. The third-order valence-corrected chi connectivity index (χ3v) is 3.71. The molecule has 1 atom stereocenters. The van der Waals surface area contributed by atoms with Crippen LogP contribution in [-0.4, -0.2) is 11.5 Å². The van der Waals surface area contributed by atoms with Crippen LogP contribution in [0, 0.1) is 0 Å². The van der Waals surface area contributed by atoms with Crippen molar-refractivity contribution in [2.24, 2.45) is 5.73 Å². The van der Waals surface area contributed by atoms with E-state index in [0.29, 0.717) is 12.5 Å². The van der Waals surface area contributed by atoms with E-state index in [-0.39, 0.29) is 0 Å². The fourth-order valence-electron chi connectivity index (χ4n) is 2.49. The molecule has 3 rings (SSSR count). The fraction of sp³-hybridized carbons (Fsp3) is 0.176. The predicted octanol–water partition coefficient (Wildman–Crippen LogP) is 3.90. The number of fused-ring (bicyclic) bond motifs is 1. The average Bonchev–Trinajstić information content (AvgIpc) is 2.90. The molecule has 2 heteroatoms. The lowest BCUT2D eigenvalue weighted by molar-refractivity contribution is 0.780. The molecule has 3 N–H and O–H groups in total. The molecular weight excluding hydrogens is 232 g/mol. The van der Waals surface area contributed by atoms with Gasteiger partial charge in [0.15, 0.2) is 0 Å². The third-order valence-electron chi connectivity index (χ3n) is 3.71. The average molecular weight is 250 g/mol. The number of rotatable bonds is 3. The second-order valence-corrected chi connectivity index (χ2v) is 5.01. The predicted molar refractivity (Wildman–Crippen MR) is 81.2 cm³/mol. The highest BCUT2D eigenvalue weighted by molar-refractivity contribution is 5.88. The van der Waals surface area contributed by atoms with E-state index in [1.165, 1.54) is 27.6 Å². The molecule has 0 saturated heterocycles. The van der Waals surface area contributed by atoms with Crippen molar-refractivity contribution in [3.63, 3.8) is 0 Å². The fourth-order valence-corrected chi connectivity index (χ4v) is 2.49. The Morgan fingerprint density at radius 2 is 1.84 bits per heavy atom. The summed E-state index contributed by atoms with van der Waals surface area (Å²) in [6.45, 7) is 2.83. The van der Waals surface area contributed by atoms with Crippen molar-refractivity contribution in [1.82, 2.24) is 4.98 Å². The molecule has 1 heterocycles. The molecule has 0 saturated carbocycles. The molecule has 0 aliphatic heterocycles. The molecule has 19 heavy (non-hydrogen) atoms. The zero-order chi connectivity index (χ0) is 13.2. The minimum absolute atomic E-state index is 0.375. The van der Waals surface area contributed by atoms with E-state index in [1.54, 1.807) is 0 Å². The number of H-pyrrole nitrogens is 1. The van der Waals surface area contributed by atoms with Gasteiger partial charge in [-0.25, -0.2) is 0 Å². The standard InChI is InChI=1S/C17H18N2/c1-12(10-18)16-11-19-17-8-7-14(9-15(16)17)13-5-3-2-4-6-13/h2-9,11-12,19H,10,18H2,1H3. The van der Waals surface area contributed by atoms with E-state index in [4.69, 9.17) is 5.73 Å². The Labute approximate surface area is 113 Å². The maximum absolute atomic E-state index is 5.79. The van der Waals surface area contributed by atoms with Crippen LogP contribution in [0.3, 0.4) is 0 Å². The van der Waals surface area contributed by atoms with Crippen LogP contribution in [-0.2, 0) is 0 Å². The summed E-state index contributed by atoms with van der Waals surface area (Å²) in [5.41, 5.74) is 10.8. The molecule has 0 aliphatic carbocycles. The summed E-state index contributed by atoms with van der Waals surface area (Å²) in [7, 11) is 0. The number of aromatic nitrogens is 1. The molecule has 1 aromatic heterocycles. The number of hydrogen-bond acceptors (Lipinski definition) is 1. The molecule has 0 aliphatic rings. The monoisotopic (exact) mass is 250 g/mol. The minimum Gasteiger partial charge on any atom is -0.361 e. The Bertz CT molecular complexity index is 683. The van der Waals surface area contributed by atoms with Crippen molar-refractivity contribution in [2.45, 2.75) is 12.8 Å². The van der Waals surface area contributed by atoms with Crippen LogP contribution in [0.2, 0.25) is 0 Å². The lowest BCUT2D eigenvalue weighted by Crippen LogP contribution is -2.08. The SMILES string of the molecule is CC(CN)c1c[nH]c2ccc(-c3ccccc3)cc12. The van der Waals surface area contributed by atoms with E-state index in [1.807, 2.05) is 6.07 Å². The summed E-state index contributed by atoms with van der Waals surface area (Å²) < 4.78 is 0. The highest BCUT2D eigenvalue weighted by Gasteiger charge is 2.10. The van der Waals surface area contributed by atoms with E-state index in [2.05, 4.69) is 60.6 Å². The molecule has 0 radical (unpaired) electrons. The number of benzene rings is 2. The van der Waals surface area contributed by atoms with Crippen LogP contribution in [0.25, 0.3) is 22.0 Å². The number of hydrogen-bond donors (Lipinski definition) is 2. The van der Waals surface area contributed by atoms with Crippen molar-refractivity contribution in [1.29, 1.82) is 0 Å². The number of aromatic amines is 1. The van der Waals surface area contributed by atoms with Gasteiger partial charge in [0, 0.05) is 17.1 Å². The van der Waals surface area contributed by atoms with Gasteiger partial charge >= 0.3 is 0 Å². The molecule has 0 spiro atoms. The quantitative estimate of drug-likeness (QED) is 0.727. The summed E-state index contributed by atoms with van der Waals surface area (Å²) in [5.74, 6) is 0.375. The van der Waals surface area contributed by atoms with E-state index < -0.39 is 0 Å². The van der Waals surface area contributed by atoms with E-state index in [9.17, 15) is 0 Å². The zero-order valence-electron chi connectivity index (χ0n) is 11.1. The Morgan fingerprint density at radius 3 is 2.58 bits per heavy atom. The number of nitrogens with one attached hydrogen (secondary N) is 1. The first-order chi connectivity index (χ1) is 9.29. The van der Waals surface area contributed by atoms with Crippen LogP contribution in [0.5, 0.6) is 0 Å². The molecule has 2 aromatic carbocycles. The molecular formula is C17H18N2. The third kappa shape index (κ3) is 2.15. The first-order valence-electron chi connectivity index (χ1n) is 6.66. The van der Waals surface area contributed by atoms with Crippen LogP contribution >= 0.6 is 0 Å². The van der Waals surface area contributed by atoms with Gasteiger partial charge in [-0.1, -0.05) is 43.3 Å². The van der Waals surface area contributed by atoms with Gasteiger partial charge in [0.1, 0.15) is 0 Å². The van der Waals surface area contributed by atoms with Crippen molar-refractivity contribution in [3.05, 3.63) is 60.3 Å². The van der Waals surface area contributed by atoms with Crippen LogP contribution < -0.4 is 5.73 Å². The number of nitrogens with two attached hydrogens (primary N) is 1. The van der Waals surface area contributed by atoms with Crippen LogP contribution in [0.15, 0.2) is 54.7 Å². The molecule has 0 fully saturated rings. The van der Waals surface area contributed by atoms with Gasteiger partial charge in [-0.2, -0.15) is 0 Å². The Morgan fingerprint density at radius 1 is 1.05 bits per heavy atom. The molecule has 3 aromatic rings. The topological polar surface area (TPSA) is 41.8 Å². The molecule has 2 nitrogen and oxygen atoms in total. The highest BCUT2D eigenvalue weighted by atomic mass is 14.7. The van der Waals surface area contributed by atoms with Gasteiger partial charge in [-0.15, -0.1) is 0 Å². The Balaban J connectivity index is 2.14. The van der Waals surface area contributed by atoms with Gasteiger partial charge in [-0.3, -0.25) is 0 Å². The van der Waals surface area contributed by atoms with E-state index in [0.717, 1.165) is 0 Å². The molecule has 0 amide bonds. The van der Waals surface area contributed by atoms with Crippen LogP contribution in [0.4, 0.5) is 0 Å². The smallest absolute Gasteiger partial charge is 0.0457 e. The van der Waals surface area contributed by atoms with Crippen molar-refractivity contribution < 1.29 is 0 Å². The maximum atomic E-state index is 5.79. The maximum Gasteiger partial charge on any atom is 0.0457 e. The minimum atomic E-state index is 0.375.